The number of hydrogen-bond acceptors (Lipinski definition) is 6. The first kappa shape index (κ1) is 17.5. The van der Waals surface area contributed by atoms with Crippen LogP contribution in [0, 0.1) is 0 Å². The molecular formula is C20H16N2O6. The average Bonchev–Trinajstić information content (AvgIpc) is 3.39. The molecule has 8 heteroatoms. The van der Waals surface area contributed by atoms with Crippen molar-refractivity contribution in [2.45, 2.75) is 6.61 Å². The van der Waals surface area contributed by atoms with E-state index >= 15 is 0 Å². The van der Waals surface area contributed by atoms with E-state index in [2.05, 4.69) is 10.9 Å². The summed E-state index contributed by atoms with van der Waals surface area (Å²) in [7, 11) is 0. The summed E-state index contributed by atoms with van der Waals surface area (Å²) in [6.07, 6.45) is 0. The molecule has 1 aromatic heterocycles. The first-order chi connectivity index (χ1) is 13.7. The number of ether oxygens (including phenoxy) is 3. The van der Waals surface area contributed by atoms with Gasteiger partial charge >= 0.3 is 5.91 Å². The molecule has 0 saturated heterocycles. The molecule has 8 nitrogen and oxygen atoms in total. The summed E-state index contributed by atoms with van der Waals surface area (Å²) in [5.74, 6) is 1.20. The zero-order valence-corrected chi connectivity index (χ0v) is 14.6. The van der Waals surface area contributed by atoms with E-state index in [1.807, 2.05) is 30.3 Å². The molecule has 1 aliphatic rings. The highest BCUT2D eigenvalue weighted by atomic mass is 16.7. The molecular weight excluding hydrogens is 364 g/mol. The number of benzene rings is 2. The van der Waals surface area contributed by atoms with E-state index in [0.717, 1.165) is 0 Å². The van der Waals surface area contributed by atoms with E-state index in [9.17, 15) is 9.59 Å². The minimum absolute atomic E-state index is 0.0534. The summed E-state index contributed by atoms with van der Waals surface area (Å²) in [6, 6.07) is 17.1. The molecule has 0 atom stereocenters. The van der Waals surface area contributed by atoms with Crippen molar-refractivity contribution in [1.29, 1.82) is 0 Å². The number of amides is 2. The van der Waals surface area contributed by atoms with E-state index < -0.39 is 11.8 Å². The quantitative estimate of drug-likeness (QED) is 0.661. The number of rotatable bonds is 5. The predicted molar refractivity (Wildman–Crippen MR) is 97.0 cm³/mol. The SMILES string of the molecule is O=C(NNC(=O)c1ccc(COc2ccccc2)o1)c1ccc2c(c1)OCO2. The van der Waals surface area contributed by atoms with Gasteiger partial charge in [0.15, 0.2) is 17.3 Å². The van der Waals surface area contributed by atoms with Crippen LogP contribution in [0.3, 0.4) is 0 Å². The van der Waals surface area contributed by atoms with E-state index in [1.165, 1.54) is 12.1 Å². The lowest BCUT2D eigenvalue weighted by Crippen LogP contribution is -2.41. The van der Waals surface area contributed by atoms with Gasteiger partial charge in [0.05, 0.1) is 0 Å². The maximum absolute atomic E-state index is 12.2. The van der Waals surface area contributed by atoms with E-state index in [0.29, 0.717) is 28.6 Å². The molecule has 2 heterocycles. The Morgan fingerprint density at radius 1 is 0.893 bits per heavy atom. The number of furan rings is 1. The lowest BCUT2D eigenvalue weighted by molar-refractivity contribution is 0.0828. The monoisotopic (exact) mass is 380 g/mol. The van der Waals surface area contributed by atoms with Gasteiger partial charge in [-0.05, 0) is 42.5 Å². The van der Waals surface area contributed by atoms with Crippen LogP contribution in [0.1, 0.15) is 26.7 Å². The molecule has 28 heavy (non-hydrogen) atoms. The normalized spacial score (nSPS) is 11.7. The molecule has 0 unspecified atom stereocenters. The second kappa shape index (κ2) is 7.75. The lowest BCUT2D eigenvalue weighted by Gasteiger charge is -2.07. The molecule has 0 saturated carbocycles. The van der Waals surface area contributed by atoms with Gasteiger partial charge in [0, 0.05) is 5.56 Å². The van der Waals surface area contributed by atoms with Crippen LogP contribution in [-0.2, 0) is 6.61 Å². The standard InChI is InChI=1S/C20H16N2O6/c23-19(13-6-8-16-18(10-13)27-12-26-16)21-22-20(24)17-9-7-15(28-17)11-25-14-4-2-1-3-5-14/h1-10H,11-12H2,(H,21,23)(H,22,24). The fourth-order valence-electron chi connectivity index (χ4n) is 2.53. The van der Waals surface area contributed by atoms with Gasteiger partial charge < -0.3 is 18.6 Å². The Morgan fingerprint density at radius 2 is 1.68 bits per heavy atom. The topological polar surface area (TPSA) is 99.0 Å². The maximum Gasteiger partial charge on any atom is 0.305 e. The molecule has 142 valence electrons. The van der Waals surface area contributed by atoms with Crippen LogP contribution >= 0.6 is 0 Å². The Bertz CT molecular complexity index is 999. The zero-order chi connectivity index (χ0) is 19.3. The smallest absolute Gasteiger partial charge is 0.305 e. The van der Waals surface area contributed by atoms with Gasteiger partial charge in [-0.25, -0.2) is 0 Å². The van der Waals surface area contributed by atoms with Crippen molar-refractivity contribution >= 4 is 11.8 Å². The summed E-state index contributed by atoms with van der Waals surface area (Å²) in [5.41, 5.74) is 4.96. The molecule has 1 aliphatic heterocycles. The molecule has 0 aliphatic carbocycles. The van der Waals surface area contributed by atoms with Crippen LogP contribution in [0.5, 0.6) is 17.2 Å². The van der Waals surface area contributed by atoms with Crippen molar-refractivity contribution in [1.82, 2.24) is 10.9 Å². The number of nitrogens with one attached hydrogen (secondary N) is 2. The molecule has 4 rings (SSSR count). The van der Waals surface area contributed by atoms with Gasteiger partial charge in [0.2, 0.25) is 6.79 Å². The van der Waals surface area contributed by atoms with Crippen LogP contribution in [-0.4, -0.2) is 18.6 Å². The van der Waals surface area contributed by atoms with Gasteiger partial charge in [-0.2, -0.15) is 0 Å². The largest absolute Gasteiger partial charge is 0.486 e. The number of carbonyl (C=O) groups excluding carboxylic acids is 2. The number of para-hydroxylation sites is 1. The van der Waals surface area contributed by atoms with Crippen LogP contribution in [0.25, 0.3) is 0 Å². The lowest BCUT2D eigenvalue weighted by atomic mass is 10.2. The Hall–Kier alpha value is -3.94. The summed E-state index contributed by atoms with van der Waals surface area (Å²) in [6.45, 7) is 0.298. The average molecular weight is 380 g/mol. The van der Waals surface area contributed by atoms with Crippen molar-refractivity contribution in [2.75, 3.05) is 6.79 Å². The molecule has 3 aromatic rings. The number of fused-ring (bicyclic) bond motifs is 1. The minimum Gasteiger partial charge on any atom is -0.486 e. The molecule has 0 spiro atoms. The number of carbonyl (C=O) groups is 2. The molecule has 2 amide bonds. The molecule has 0 fully saturated rings. The third-order valence-corrected chi connectivity index (χ3v) is 3.93. The highest BCUT2D eigenvalue weighted by molar-refractivity contribution is 5.98. The molecule has 0 radical (unpaired) electrons. The van der Waals surface area contributed by atoms with Crippen molar-refractivity contribution in [3.05, 3.63) is 77.7 Å². The van der Waals surface area contributed by atoms with Gasteiger partial charge in [0.1, 0.15) is 18.1 Å². The van der Waals surface area contributed by atoms with Crippen LogP contribution in [0.4, 0.5) is 0 Å². The van der Waals surface area contributed by atoms with Crippen LogP contribution in [0.2, 0.25) is 0 Å². The van der Waals surface area contributed by atoms with Gasteiger partial charge in [0.25, 0.3) is 5.91 Å². The first-order valence-corrected chi connectivity index (χ1v) is 8.46. The fraction of sp³-hybridized carbons (Fsp3) is 0.100. The predicted octanol–water partition coefficient (Wildman–Crippen LogP) is 2.66. The van der Waals surface area contributed by atoms with Crippen LogP contribution in [0.15, 0.2) is 65.1 Å². The van der Waals surface area contributed by atoms with Gasteiger partial charge in [-0.15, -0.1) is 0 Å². The van der Waals surface area contributed by atoms with Crippen molar-refractivity contribution in [3.63, 3.8) is 0 Å². The third-order valence-electron chi connectivity index (χ3n) is 3.93. The summed E-state index contributed by atoms with van der Waals surface area (Å²) in [5, 5.41) is 0. The summed E-state index contributed by atoms with van der Waals surface area (Å²) >= 11 is 0. The Morgan fingerprint density at radius 3 is 2.54 bits per heavy atom. The van der Waals surface area contributed by atoms with E-state index in [-0.39, 0.29) is 19.2 Å². The van der Waals surface area contributed by atoms with E-state index in [1.54, 1.807) is 18.2 Å². The third kappa shape index (κ3) is 3.90. The minimum atomic E-state index is -0.583. The first-order valence-electron chi connectivity index (χ1n) is 8.46. The molecule has 2 N–H and O–H groups in total. The zero-order valence-electron chi connectivity index (χ0n) is 14.6. The Balaban J connectivity index is 1.30. The number of hydrazine groups is 1. The van der Waals surface area contributed by atoms with Crippen LogP contribution < -0.4 is 25.1 Å². The highest BCUT2D eigenvalue weighted by Crippen LogP contribution is 2.32. The van der Waals surface area contributed by atoms with Gasteiger partial charge in [-0.1, -0.05) is 18.2 Å². The van der Waals surface area contributed by atoms with E-state index in [4.69, 9.17) is 18.6 Å². The summed E-state index contributed by atoms with van der Waals surface area (Å²) < 4.78 is 21.4. The van der Waals surface area contributed by atoms with Crippen molar-refractivity contribution in [2.24, 2.45) is 0 Å². The fourth-order valence-corrected chi connectivity index (χ4v) is 2.53. The van der Waals surface area contributed by atoms with Crippen molar-refractivity contribution in [3.8, 4) is 17.2 Å². The second-order valence-electron chi connectivity index (χ2n) is 5.84. The Labute approximate surface area is 160 Å². The number of hydrogen-bond donors (Lipinski definition) is 2. The van der Waals surface area contributed by atoms with Gasteiger partial charge in [-0.3, -0.25) is 20.4 Å². The highest BCUT2D eigenvalue weighted by Gasteiger charge is 2.17. The second-order valence-corrected chi connectivity index (χ2v) is 5.84. The summed E-state index contributed by atoms with van der Waals surface area (Å²) in [4.78, 5) is 24.3. The Kier molecular flexibility index (Phi) is 4.83. The maximum atomic E-state index is 12.2. The molecule has 0 bridgehead atoms. The van der Waals surface area contributed by atoms with Crippen molar-refractivity contribution < 1.29 is 28.2 Å². The molecule has 2 aromatic carbocycles.